The van der Waals surface area contributed by atoms with Gasteiger partial charge < -0.3 is 19.3 Å². The zero-order valence-corrected chi connectivity index (χ0v) is 22.6. The lowest BCUT2D eigenvalue weighted by Gasteiger charge is -2.31. The molecule has 1 amide bonds. The first-order valence-electron chi connectivity index (χ1n) is 12.5. The number of benzene rings is 2. The van der Waals surface area contributed by atoms with Crippen molar-refractivity contribution in [2.45, 2.75) is 46.2 Å². The fourth-order valence-corrected chi connectivity index (χ4v) is 4.82. The van der Waals surface area contributed by atoms with E-state index in [0.717, 1.165) is 35.0 Å². The molecule has 0 spiro atoms. The van der Waals surface area contributed by atoms with Crippen LogP contribution in [-0.4, -0.2) is 47.3 Å². The van der Waals surface area contributed by atoms with Crippen LogP contribution in [0.2, 0.25) is 0 Å². The summed E-state index contributed by atoms with van der Waals surface area (Å²) in [5.74, 6) is 2.49. The zero-order chi connectivity index (χ0) is 25.5. The van der Waals surface area contributed by atoms with Gasteiger partial charge in [-0.2, -0.15) is 4.98 Å². The Balaban J connectivity index is 1.35. The van der Waals surface area contributed by atoms with Gasteiger partial charge in [-0.1, -0.05) is 39.3 Å². The van der Waals surface area contributed by atoms with Crippen LogP contribution in [0.3, 0.4) is 0 Å². The smallest absolute Gasteiger partial charge is 0.241 e. The molecule has 192 valence electrons. The molecule has 0 radical (unpaired) electrons. The summed E-state index contributed by atoms with van der Waals surface area (Å²) in [4.78, 5) is 19.9. The molecule has 1 aliphatic rings. The van der Waals surface area contributed by atoms with Gasteiger partial charge in [0.05, 0.1) is 31.7 Å². The Kier molecular flexibility index (Phi) is 8.98. The SMILES string of the molecule is CCOc1ccc(C(C)NC(=O)C2CCCN(Cc3nc(-c4cccc(Br)c4)no3)C2)cc1OCC. The highest BCUT2D eigenvalue weighted by atomic mass is 79.9. The Morgan fingerprint density at radius 1 is 1.19 bits per heavy atom. The Morgan fingerprint density at radius 2 is 2.00 bits per heavy atom. The van der Waals surface area contributed by atoms with Gasteiger partial charge in [-0.15, -0.1) is 0 Å². The minimum absolute atomic E-state index is 0.0550. The van der Waals surface area contributed by atoms with Gasteiger partial charge in [0, 0.05) is 16.6 Å². The van der Waals surface area contributed by atoms with Crippen LogP contribution in [0.4, 0.5) is 0 Å². The molecule has 1 fully saturated rings. The number of rotatable bonds is 10. The number of carbonyl (C=O) groups excluding carboxylic acids is 1. The molecule has 4 rings (SSSR count). The van der Waals surface area contributed by atoms with Crippen LogP contribution in [-0.2, 0) is 11.3 Å². The summed E-state index contributed by atoms with van der Waals surface area (Å²) in [6.45, 7) is 9.07. The lowest BCUT2D eigenvalue weighted by Crippen LogP contribution is -2.43. The molecule has 0 bridgehead atoms. The van der Waals surface area contributed by atoms with Gasteiger partial charge in [0.25, 0.3) is 0 Å². The number of likely N-dealkylation sites (tertiary alicyclic amines) is 1. The molecule has 1 aromatic heterocycles. The van der Waals surface area contributed by atoms with Crippen LogP contribution in [0.25, 0.3) is 11.4 Å². The third-order valence-corrected chi connectivity index (χ3v) is 6.71. The molecule has 0 aliphatic carbocycles. The van der Waals surface area contributed by atoms with E-state index in [1.807, 2.05) is 63.2 Å². The summed E-state index contributed by atoms with van der Waals surface area (Å²) >= 11 is 3.47. The largest absolute Gasteiger partial charge is 0.490 e. The summed E-state index contributed by atoms with van der Waals surface area (Å²) in [7, 11) is 0. The molecule has 0 saturated carbocycles. The molecule has 3 aromatic rings. The van der Waals surface area contributed by atoms with Crippen molar-refractivity contribution in [3.8, 4) is 22.9 Å². The quantitative estimate of drug-likeness (QED) is 0.358. The van der Waals surface area contributed by atoms with Crippen molar-refractivity contribution in [3.05, 3.63) is 58.4 Å². The van der Waals surface area contributed by atoms with E-state index in [-0.39, 0.29) is 17.9 Å². The number of carbonyl (C=O) groups is 1. The van der Waals surface area contributed by atoms with Crippen LogP contribution in [0, 0.1) is 5.92 Å². The average Bonchev–Trinajstić information content (AvgIpc) is 3.34. The number of hydrogen-bond acceptors (Lipinski definition) is 7. The second-order valence-electron chi connectivity index (χ2n) is 8.90. The van der Waals surface area contributed by atoms with Crippen molar-refractivity contribution in [2.75, 3.05) is 26.3 Å². The number of nitrogens with one attached hydrogen (secondary N) is 1. The number of halogens is 1. The van der Waals surface area contributed by atoms with Gasteiger partial charge in [0.15, 0.2) is 11.5 Å². The fourth-order valence-electron chi connectivity index (χ4n) is 4.42. The highest BCUT2D eigenvalue weighted by molar-refractivity contribution is 9.10. The number of piperidine rings is 1. The number of hydrogen-bond donors (Lipinski definition) is 1. The number of aromatic nitrogens is 2. The van der Waals surface area contributed by atoms with E-state index in [4.69, 9.17) is 14.0 Å². The van der Waals surface area contributed by atoms with Crippen molar-refractivity contribution in [1.29, 1.82) is 0 Å². The molecular formula is C27H33BrN4O4. The van der Waals surface area contributed by atoms with Crippen molar-refractivity contribution in [3.63, 3.8) is 0 Å². The molecule has 1 saturated heterocycles. The monoisotopic (exact) mass is 556 g/mol. The van der Waals surface area contributed by atoms with E-state index < -0.39 is 0 Å². The minimum Gasteiger partial charge on any atom is -0.490 e. The molecule has 36 heavy (non-hydrogen) atoms. The first-order valence-corrected chi connectivity index (χ1v) is 13.3. The maximum atomic E-state index is 13.1. The molecule has 1 aliphatic heterocycles. The summed E-state index contributed by atoms with van der Waals surface area (Å²) in [6.07, 6.45) is 1.80. The van der Waals surface area contributed by atoms with Crippen LogP contribution in [0.5, 0.6) is 11.5 Å². The van der Waals surface area contributed by atoms with E-state index in [0.29, 0.717) is 49.5 Å². The summed E-state index contributed by atoms with van der Waals surface area (Å²) < 4.78 is 17.9. The maximum absolute atomic E-state index is 13.1. The highest BCUT2D eigenvalue weighted by Crippen LogP contribution is 2.31. The van der Waals surface area contributed by atoms with Gasteiger partial charge in [-0.3, -0.25) is 9.69 Å². The number of nitrogens with zero attached hydrogens (tertiary/aromatic N) is 3. The van der Waals surface area contributed by atoms with E-state index in [2.05, 4.69) is 36.3 Å². The third-order valence-electron chi connectivity index (χ3n) is 6.21. The second-order valence-corrected chi connectivity index (χ2v) is 9.81. The van der Waals surface area contributed by atoms with Crippen molar-refractivity contribution in [2.24, 2.45) is 5.92 Å². The van der Waals surface area contributed by atoms with Crippen LogP contribution in [0.1, 0.15) is 51.1 Å². The normalized spacial score (nSPS) is 16.9. The zero-order valence-electron chi connectivity index (χ0n) is 21.0. The highest BCUT2D eigenvalue weighted by Gasteiger charge is 2.28. The predicted octanol–water partition coefficient (Wildman–Crippen LogP) is 5.39. The molecule has 2 atom stereocenters. The van der Waals surface area contributed by atoms with Crippen LogP contribution < -0.4 is 14.8 Å². The minimum atomic E-state index is -0.147. The van der Waals surface area contributed by atoms with Crippen molar-refractivity contribution < 1.29 is 18.8 Å². The molecule has 2 unspecified atom stereocenters. The molecule has 2 heterocycles. The van der Waals surface area contributed by atoms with Gasteiger partial charge >= 0.3 is 0 Å². The molecule has 1 N–H and O–H groups in total. The molecule has 8 nitrogen and oxygen atoms in total. The molecule has 2 aromatic carbocycles. The average molecular weight is 557 g/mol. The van der Waals surface area contributed by atoms with Crippen molar-refractivity contribution >= 4 is 21.8 Å². The molecule has 9 heteroatoms. The summed E-state index contributed by atoms with van der Waals surface area (Å²) in [5, 5.41) is 7.31. The Hall–Kier alpha value is -2.91. The first kappa shape index (κ1) is 26.2. The lowest BCUT2D eigenvalue weighted by atomic mass is 9.96. The third kappa shape index (κ3) is 6.64. The van der Waals surface area contributed by atoms with Crippen LogP contribution >= 0.6 is 15.9 Å². The topological polar surface area (TPSA) is 89.7 Å². The number of ether oxygens (including phenoxy) is 2. The number of amides is 1. The lowest BCUT2D eigenvalue weighted by molar-refractivity contribution is -0.127. The van der Waals surface area contributed by atoms with Gasteiger partial charge in [0.1, 0.15) is 0 Å². The Morgan fingerprint density at radius 3 is 2.78 bits per heavy atom. The summed E-state index contributed by atoms with van der Waals surface area (Å²) in [6, 6.07) is 13.5. The Bertz CT molecular complexity index is 1170. The standard InChI is InChI=1S/C27H33BrN4O4/c1-4-34-23-12-11-19(15-24(23)35-5-2)18(3)29-27(33)21-9-7-13-32(16-21)17-25-30-26(31-36-25)20-8-6-10-22(28)14-20/h6,8,10-12,14-15,18,21H,4-5,7,9,13,16-17H2,1-3H3,(H,29,33). The van der Waals surface area contributed by atoms with E-state index >= 15 is 0 Å². The van der Waals surface area contributed by atoms with Gasteiger partial charge in [-0.05, 0) is 70.0 Å². The maximum Gasteiger partial charge on any atom is 0.241 e. The van der Waals surface area contributed by atoms with E-state index in [1.54, 1.807) is 0 Å². The van der Waals surface area contributed by atoms with E-state index in [9.17, 15) is 4.79 Å². The summed E-state index contributed by atoms with van der Waals surface area (Å²) in [5.41, 5.74) is 1.87. The van der Waals surface area contributed by atoms with Gasteiger partial charge in [-0.25, -0.2) is 0 Å². The van der Waals surface area contributed by atoms with Gasteiger partial charge in [0.2, 0.25) is 17.6 Å². The fraction of sp³-hybridized carbons (Fsp3) is 0.444. The first-order chi connectivity index (χ1) is 17.5. The van der Waals surface area contributed by atoms with Crippen LogP contribution in [0.15, 0.2) is 51.5 Å². The predicted molar refractivity (Wildman–Crippen MR) is 141 cm³/mol. The Labute approximate surface area is 220 Å². The second kappa shape index (κ2) is 12.4. The van der Waals surface area contributed by atoms with E-state index in [1.165, 1.54) is 0 Å². The molecular weight excluding hydrogens is 524 g/mol. The van der Waals surface area contributed by atoms with Crippen molar-refractivity contribution in [1.82, 2.24) is 20.4 Å².